The van der Waals surface area contributed by atoms with Crippen LogP contribution in [0.5, 0.6) is 0 Å². The van der Waals surface area contributed by atoms with E-state index in [1.807, 2.05) is 20.8 Å². The van der Waals surface area contributed by atoms with Gasteiger partial charge < -0.3 is 10.1 Å². The van der Waals surface area contributed by atoms with Crippen molar-refractivity contribution in [3.63, 3.8) is 0 Å². The molecule has 1 rings (SSSR count). The van der Waals surface area contributed by atoms with E-state index >= 15 is 0 Å². The van der Waals surface area contributed by atoms with Gasteiger partial charge in [-0.05, 0) is 26.8 Å². The average Bonchev–Trinajstić information content (AvgIpc) is 2.34. The fourth-order valence-electron chi connectivity index (χ4n) is 2.62. The van der Waals surface area contributed by atoms with E-state index in [2.05, 4.69) is 10.2 Å². The maximum atomic E-state index is 12.4. The number of nitrogens with one attached hydrogen (secondary N) is 1. The van der Waals surface area contributed by atoms with Crippen LogP contribution in [-0.2, 0) is 4.74 Å². The summed E-state index contributed by atoms with van der Waals surface area (Å²) in [7, 11) is 0. The van der Waals surface area contributed by atoms with Crippen LogP contribution in [0.3, 0.4) is 0 Å². The molecule has 114 valence electrons. The zero-order chi connectivity index (χ0) is 14.5. The van der Waals surface area contributed by atoms with Crippen molar-refractivity contribution in [2.75, 3.05) is 32.8 Å². The Balaban J connectivity index is 2.65. The summed E-state index contributed by atoms with van der Waals surface area (Å²) in [5.41, 5.74) is -0.301. The average molecular weight is 282 g/mol. The molecule has 0 saturated carbocycles. The Kier molecular flexibility index (Phi) is 6.08. The van der Waals surface area contributed by atoms with Gasteiger partial charge in [-0.15, -0.1) is 0 Å². The molecular formula is C13H25F3N2O. The third-order valence-corrected chi connectivity index (χ3v) is 3.85. The van der Waals surface area contributed by atoms with Gasteiger partial charge >= 0.3 is 6.18 Å². The van der Waals surface area contributed by atoms with Crippen LogP contribution in [0.15, 0.2) is 0 Å². The number of hydrogen-bond donors (Lipinski definition) is 1. The molecule has 0 aromatic heterocycles. The third-order valence-electron chi connectivity index (χ3n) is 3.85. The summed E-state index contributed by atoms with van der Waals surface area (Å²) in [4.78, 5) is 2.22. The summed E-state index contributed by atoms with van der Waals surface area (Å²) in [6.07, 6.45) is -4.71. The number of nitrogens with zero attached hydrogens (tertiary/aromatic N) is 1. The highest BCUT2D eigenvalue weighted by atomic mass is 19.4. The standard InChI is InChI=1S/C13H25F3N2O/c1-4-17-11(5-6-13(14,15)16)12(2,3)18-7-9-19-10-8-18/h11,17H,4-10H2,1-3H3. The van der Waals surface area contributed by atoms with E-state index in [4.69, 9.17) is 4.74 Å². The molecule has 1 unspecified atom stereocenters. The molecule has 0 amide bonds. The van der Waals surface area contributed by atoms with E-state index in [-0.39, 0.29) is 18.0 Å². The summed E-state index contributed by atoms with van der Waals surface area (Å²) in [5, 5.41) is 3.21. The van der Waals surface area contributed by atoms with Gasteiger partial charge in [0.15, 0.2) is 0 Å². The normalized spacial score (nSPS) is 20.5. The Morgan fingerprint density at radius 2 is 1.79 bits per heavy atom. The maximum Gasteiger partial charge on any atom is 0.389 e. The number of morpholine rings is 1. The second-order valence-electron chi connectivity index (χ2n) is 5.52. The largest absolute Gasteiger partial charge is 0.389 e. The molecule has 1 fully saturated rings. The van der Waals surface area contributed by atoms with Gasteiger partial charge in [0.25, 0.3) is 0 Å². The van der Waals surface area contributed by atoms with Gasteiger partial charge in [0.2, 0.25) is 0 Å². The van der Waals surface area contributed by atoms with Crippen molar-refractivity contribution in [3.8, 4) is 0 Å². The summed E-state index contributed by atoms with van der Waals surface area (Å²) >= 11 is 0. The van der Waals surface area contributed by atoms with E-state index in [0.717, 1.165) is 13.1 Å². The van der Waals surface area contributed by atoms with Crippen LogP contribution in [-0.4, -0.2) is 55.5 Å². The number of hydrogen-bond acceptors (Lipinski definition) is 3. The van der Waals surface area contributed by atoms with Crippen LogP contribution in [0.4, 0.5) is 13.2 Å². The van der Waals surface area contributed by atoms with Gasteiger partial charge in [0, 0.05) is 31.1 Å². The van der Waals surface area contributed by atoms with Gasteiger partial charge in [0.05, 0.1) is 13.2 Å². The highest BCUT2D eigenvalue weighted by molar-refractivity contribution is 4.94. The lowest BCUT2D eigenvalue weighted by Crippen LogP contribution is -2.60. The summed E-state index contributed by atoms with van der Waals surface area (Å²) in [6.45, 7) is 9.50. The lowest BCUT2D eigenvalue weighted by Gasteiger charge is -2.46. The zero-order valence-electron chi connectivity index (χ0n) is 12.0. The Hall–Kier alpha value is -0.330. The number of halogens is 3. The minimum atomic E-state index is -4.09. The van der Waals surface area contributed by atoms with Crippen molar-refractivity contribution in [3.05, 3.63) is 0 Å². The summed E-state index contributed by atoms with van der Waals surface area (Å²) < 4.78 is 42.6. The van der Waals surface area contributed by atoms with E-state index in [9.17, 15) is 13.2 Å². The second-order valence-corrected chi connectivity index (χ2v) is 5.52. The first-order valence-corrected chi connectivity index (χ1v) is 6.90. The number of rotatable bonds is 6. The molecule has 19 heavy (non-hydrogen) atoms. The Bertz CT molecular complexity index is 263. The van der Waals surface area contributed by atoms with Crippen molar-refractivity contribution in [1.82, 2.24) is 10.2 Å². The number of likely N-dealkylation sites (N-methyl/N-ethyl adjacent to an activating group) is 1. The molecule has 0 bridgehead atoms. The van der Waals surface area contributed by atoms with Crippen LogP contribution in [0.1, 0.15) is 33.6 Å². The first kappa shape index (κ1) is 16.7. The monoisotopic (exact) mass is 282 g/mol. The Labute approximate surface area is 113 Å². The number of alkyl halides is 3. The van der Waals surface area contributed by atoms with Gasteiger partial charge in [-0.1, -0.05) is 6.92 Å². The summed E-state index contributed by atoms with van der Waals surface area (Å²) in [5.74, 6) is 0. The zero-order valence-corrected chi connectivity index (χ0v) is 12.0. The molecule has 1 saturated heterocycles. The van der Waals surface area contributed by atoms with Gasteiger partial charge in [-0.3, -0.25) is 4.90 Å². The molecule has 1 N–H and O–H groups in total. The molecule has 0 aliphatic carbocycles. The molecule has 0 aromatic rings. The van der Waals surface area contributed by atoms with Gasteiger partial charge in [-0.2, -0.15) is 13.2 Å². The molecular weight excluding hydrogens is 257 g/mol. The predicted octanol–water partition coefficient (Wildman–Crippen LogP) is 2.42. The fraction of sp³-hybridized carbons (Fsp3) is 1.00. The minimum absolute atomic E-state index is 0.113. The molecule has 1 aliphatic heterocycles. The molecule has 0 aromatic carbocycles. The van der Waals surface area contributed by atoms with Crippen LogP contribution in [0.25, 0.3) is 0 Å². The van der Waals surface area contributed by atoms with Crippen molar-refractivity contribution in [1.29, 1.82) is 0 Å². The summed E-state index contributed by atoms with van der Waals surface area (Å²) in [6, 6.07) is -0.169. The van der Waals surface area contributed by atoms with Crippen LogP contribution < -0.4 is 5.32 Å². The van der Waals surface area contributed by atoms with E-state index in [0.29, 0.717) is 19.8 Å². The lowest BCUT2D eigenvalue weighted by atomic mass is 9.88. The van der Waals surface area contributed by atoms with E-state index in [1.54, 1.807) is 0 Å². The lowest BCUT2D eigenvalue weighted by molar-refractivity contribution is -0.139. The minimum Gasteiger partial charge on any atom is -0.379 e. The fourth-order valence-corrected chi connectivity index (χ4v) is 2.62. The Morgan fingerprint density at radius 1 is 1.21 bits per heavy atom. The predicted molar refractivity (Wildman–Crippen MR) is 69.2 cm³/mol. The Morgan fingerprint density at radius 3 is 2.26 bits per heavy atom. The smallest absolute Gasteiger partial charge is 0.379 e. The maximum absolute atomic E-state index is 12.4. The molecule has 6 heteroatoms. The molecule has 1 aliphatic rings. The van der Waals surface area contributed by atoms with E-state index in [1.165, 1.54) is 0 Å². The highest BCUT2D eigenvalue weighted by Gasteiger charge is 2.38. The third kappa shape index (κ3) is 5.28. The SMILES string of the molecule is CCNC(CCC(F)(F)F)C(C)(C)N1CCOCC1. The molecule has 1 heterocycles. The first-order chi connectivity index (χ1) is 8.77. The van der Waals surface area contributed by atoms with Crippen molar-refractivity contribution >= 4 is 0 Å². The highest BCUT2D eigenvalue weighted by Crippen LogP contribution is 2.28. The molecule has 1 atom stereocenters. The van der Waals surface area contributed by atoms with Crippen LogP contribution in [0.2, 0.25) is 0 Å². The van der Waals surface area contributed by atoms with Gasteiger partial charge in [-0.25, -0.2) is 0 Å². The van der Waals surface area contributed by atoms with Crippen LogP contribution in [0, 0.1) is 0 Å². The molecule has 3 nitrogen and oxygen atoms in total. The van der Waals surface area contributed by atoms with Crippen molar-refractivity contribution in [2.24, 2.45) is 0 Å². The number of ether oxygens (including phenoxy) is 1. The quantitative estimate of drug-likeness (QED) is 0.809. The molecule has 0 spiro atoms. The topological polar surface area (TPSA) is 24.5 Å². The molecule has 0 radical (unpaired) electrons. The van der Waals surface area contributed by atoms with E-state index < -0.39 is 12.6 Å². The van der Waals surface area contributed by atoms with Crippen molar-refractivity contribution in [2.45, 2.75) is 51.4 Å². The van der Waals surface area contributed by atoms with Crippen molar-refractivity contribution < 1.29 is 17.9 Å². The first-order valence-electron chi connectivity index (χ1n) is 6.90. The van der Waals surface area contributed by atoms with Crippen LogP contribution >= 0.6 is 0 Å². The second kappa shape index (κ2) is 6.90. The van der Waals surface area contributed by atoms with Gasteiger partial charge in [0.1, 0.15) is 0 Å².